The molecule has 102 valence electrons. The maximum atomic E-state index is 12.0. The highest BCUT2D eigenvalue weighted by molar-refractivity contribution is 6.35. The van der Waals surface area contributed by atoms with Gasteiger partial charge in [-0.1, -0.05) is 29.3 Å². The first kappa shape index (κ1) is 14.2. The molecule has 0 atom stereocenters. The molecule has 1 aromatic rings. The molecule has 4 nitrogen and oxygen atoms in total. The summed E-state index contributed by atoms with van der Waals surface area (Å²) in [5.41, 5.74) is 0.734. The second-order valence-corrected chi connectivity index (χ2v) is 5.52. The summed E-state index contributed by atoms with van der Waals surface area (Å²) in [5, 5.41) is 9.65. The Morgan fingerprint density at radius 2 is 2.00 bits per heavy atom. The van der Waals surface area contributed by atoms with Crippen molar-refractivity contribution in [1.82, 2.24) is 4.90 Å². The molecule has 1 saturated heterocycles. The summed E-state index contributed by atoms with van der Waals surface area (Å²) < 4.78 is 0. The van der Waals surface area contributed by atoms with E-state index >= 15 is 0 Å². The van der Waals surface area contributed by atoms with E-state index in [9.17, 15) is 9.59 Å². The second kappa shape index (κ2) is 5.80. The number of rotatable bonds is 4. The molecule has 1 N–H and O–H groups in total. The van der Waals surface area contributed by atoms with Gasteiger partial charge in [-0.05, 0) is 17.7 Å². The van der Waals surface area contributed by atoms with Crippen LogP contribution in [0.3, 0.4) is 0 Å². The van der Waals surface area contributed by atoms with E-state index in [-0.39, 0.29) is 24.7 Å². The van der Waals surface area contributed by atoms with Crippen LogP contribution in [0.25, 0.3) is 0 Å². The number of aliphatic carboxylic acids is 1. The Morgan fingerprint density at radius 1 is 1.32 bits per heavy atom. The topological polar surface area (TPSA) is 57.6 Å². The van der Waals surface area contributed by atoms with Crippen LogP contribution >= 0.6 is 23.2 Å². The SMILES string of the molecule is O=C(O)CC1CN(C(=O)Cc2ccc(Cl)cc2Cl)C1. The monoisotopic (exact) mass is 301 g/mol. The third-order valence-corrected chi connectivity index (χ3v) is 3.72. The second-order valence-electron chi connectivity index (χ2n) is 4.68. The van der Waals surface area contributed by atoms with Gasteiger partial charge in [0.15, 0.2) is 0 Å². The Bertz CT molecular complexity index is 513. The summed E-state index contributed by atoms with van der Waals surface area (Å²) in [6, 6.07) is 5.03. The van der Waals surface area contributed by atoms with Crippen molar-refractivity contribution in [2.75, 3.05) is 13.1 Å². The molecule has 0 spiro atoms. The quantitative estimate of drug-likeness (QED) is 0.929. The smallest absolute Gasteiger partial charge is 0.303 e. The minimum Gasteiger partial charge on any atom is -0.481 e. The molecule has 6 heteroatoms. The van der Waals surface area contributed by atoms with E-state index in [4.69, 9.17) is 28.3 Å². The number of nitrogens with zero attached hydrogens (tertiary/aromatic N) is 1. The van der Waals surface area contributed by atoms with Crippen molar-refractivity contribution in [2.24, 2.45) is 5.92 Å². The summed E-state index contributed by atoms with van der Waals surface area (Å²) in [4.78, 5) is 24.1. The van der Waals surface area contributed by atoms with Crippen molar-refractivity contribution in [3.05, 3.63) is 33.8 Å². The molecule has 1 aliphatic rings. The Morgan fingerprint density at radius 3 is 2.58 bits per heavy atom. The largest absolute Gasteiger partial charge is 0.481 e. The van der Waals surface area contributed by atoms with Crippen molar-refractivity contribution in [2.45, 2.75) is 12.8 Å². The van der Waals surface area contributed by atoms with Gasteiger partial charge in [-0.25, -0.2) is 0 Å². The third-order valence-electron chi connectivity index (χ3n) is 3.13. The summed E-state index contributed by atoms with van der Waals surface area (Å²) in [6.45, 7) is 1.02. The Hall–Kier alpha value is -1.26. The number of hydrogen-bond acceptors (Lipinski definition) is 2. The number of carboxylic acids is 1. The van der Waals surface area contributed by atoms with Gasteiger partial charge in [0, 0.05) is 29.1 Å². The molecular weight excluding hydrogens is 289 g/mol. The Labute approximate surface area is 120 Å². The molecule has 1 aliphatic heterocycles. The Kier molecular flexibility index (Phi) is 4.32. The summed E-state index contributed by atoms with van der Waals surface area (Å²) in [7, 11) is 0. The number of benzene rings is 1. The first-order valence-corrected chi connectivity index (χ1v) is 6.65. The van der Waals surface area contributed by atoms with E-state index in [0.29, 0.717) is 23.1 Å². The number of amides is 1. The fraction of sp³-hybridized carbons (Fsp3) is 0.385. The van der Waals surface area contributed by atoms with Gasteiger partial charge in [0.1, 0.15) is 0 Å². The van der Waals surface area contributed by atoms with E-state index in [1.54, 1.807) is 23.1 Å². The van der Waals surface area contributed by atoms with Gasteiger partial charge in [0.2, 0.25) is 5.91 Å². The molecule has 1 heterocycles. The van der Waals surface area contributed by atoms with Crippen molar-refractivity contribution < 1.29 is 14.7 Å². The van der Waals surface area contributed by atoms with Gasteiger partial charge in [-0.3, -0.25) is 9.59 Å². The van der Waals surface area contributed by atoms with Gasteiger partial charge in [-0.15, -0.1) is 0 Å². The minimum atomic E-state index is -0.821. The number of carboxylic acid groups (broad SMARTS) is 1. The number of hydrogen-bond donors (Lipinski definition) is 1. The van der Waals surface area contributed by atoms with E-state index in [1.807, 2.05) is 0 Å². The normalized spacial score (nSPS) is 15.2. The lowest BCUT2D eigenvalue weighted by atomic mass is 9.95. The van der Waals surface area contributed by atoms with Gasteiger partial charge in [0.05, 0.1) is 12.8 Å². The zero-order chi connectivity index (χ0) is 14.0. The van der Waals surface area contributed by atoms with E-state index < -0.39 is 5.97 Å². The molecule has 19 heavy (non-hydrogen) atoms. The van der Waals surface area contributed by atoms with Crippen LogP contribution < -0.4 is 0 Å². The van der Waals surface area contributed by atoms with Crippen LogP contribution in [-0.4, -0.2) is 35.0 Å². The first-order chi connectivity index (χ1) is 8.95. The van der Waals surface area contributed by atoms with Crippen LogP contribution in [0.2, 0.25) is 10.0 Å². The number of carbonyl (C=O) groups is 2. The molecule has 2 rings (SSSR count). The van der Waals surface area contributed by atoms with Crippen LogP contribution in [0.4, 0.5) is 0 Å². The zero-order valence-electron chi connectivity index (χ0n) is 10.1. The molecule has 1 amide bonds. The third kappa shape index (κ3) is 3.61. The van der Waals surface area contributed by atoms with Crippen LogP contribution in [0.1, 0.15) is 12.0 Å². The number of likely N-dealkylation sites (tertiary alicyclic amines) is 1. The molecule has 1 fully saturated rings. The van der Waals surface area contributed by atoms with Crippen LogP contribution in [0.5, 0.6) is 0 Å². The molecule has 0 saturated carbocycles. The highest BCUT2D eigenvalue weighted by Gasteiger charge is 2.31. The standard InChI is InChI=1S/C13H13Cl2NO3/c14-10-2-1-9(11(15)5-10)4-12(17)16-6-8(7-16)3-13(18)19/h1-2,5,8H,3-4,6-7H2,(H,18,19). The minimum absolute atomic E-state index is 0.0362. The van der Waals surface area contributed by atoms with E-state index in [2.05, 4.69) is 0 Å². The highest BCUT2D eigenvalue weighted by Crippen LogP contribution is 2.24. The zero-order valence-corrected chi connectivity index (χ0v) is 11.6. The predicted octanol–water partition coefficient (Wildman–Crippen LogP) is 2.47. The number of halogens is 2. The maximum Gasteiger partial charge on any atom is 0.303 e. The maximum absolute atomic E-state index is 12.0. The fourth-order valence-corrected chi connectivity index (χ4v) is 2.56. The molecular formula is C13H13Cl2NO3. The molecule has 0 aliphatic carbocycles. The molecule has 1 aromatic carbocycles. The lowest BCUT2D eigenvalue weighted by molar-refractivity contribution is -0.144. The first-order valence-electron chi connectivity index (χ1n) is 5.89. The number of carbonyl (C=O) groups excluding carboxylic acids is 1. The van der Waals surface area contributed by atoms with Crippen molar-refractivity contribution >= 4 is 35.1 Å². The fourth-order valence-electron chi connectivity index (χ4n) is 2.09. The summed E-state index contributed by atoms with van der Waals surface area (Å²) in [6.07, 6.45) is 0.335. The van der Waals surface area contributed by atoms with Gasteiger partial charge < -0.3 is 10.0 Å². The van der Waals surface area contributed by atoms with Crippen LogP contribution in [0, 0.1) is 5.92 Å². The van der Waals surface area contributed by atoms with Gasteiger partial charge >= 0.3 is 5.97 Å². The predicted molar refractivity (Wildman–Crippen MR) is 72.5 cm³/mol. The Balaban J connectivity index is 1.87. The van der Waals surface area contributed by atoms with Crippen molar-refractivity contribution in [3.8, 4) is 0 Å². The molecule has 0 aromatic heterocycles. The lowest BCUT2D eigenvalue weighted by Gasteiger charge is -2.38. The van der Waals surface area contributed by atoms with Gasteiger partial charge in [0.25, 0.3) is 0 Å². The molecule has 0 radical (unpaired) electrons. The summed E-state index contributed by atoms with van der Waals surface area (Å²) in [5.74, 6) is -0.786. The van der Waals surface area contributed by atoms with E-state index in [1.165, 1.54) is 0 Å². The van der Waals surface area contributed by atoms with Crippen molar-refractivity contribution in [3.63, 3.8) is 0 Å². The van der Waals surface area contributed by atoms with Gasteiger partial charge in [-0.2, -0.15) is 0 Å². The van der Waals surface area contributed by atoms with Crippen LogP contribution in [-0.2, 0) is 16.0 Å². The average molecular weight is 302 g/mol. The lowest BCUT2D eigenvalue weighted by Crippen LogP contribution is -2.51. The molecule has 0 bridgehead atoms. The van der Waals surface area contributed by atoms with Crippen molar-refractivity contribution in [1.29, 1.82) is 0 Å². The highest BCUT2D eigenvalue weighted by atomic mass is 35.5. The van der Waals surface area contributed by atoms with E-state index in [0.717, 1.165) is 5.56 Å². The molecule has 0 unspecified atom stereocenters. The summed E-state index contributed by atoms with van der Waals surface area (Å²) >= 11 is 11.8. The van der Waals surface area contributed by atoms with Crippen LogP contribution in [0.15, 0.2) is 18.2 Å². The average Bonchev–Trinajstić information content (AvgIpc) is 2.26.